The van der Waals surface area contributed by atoms with Gasteiger partial charge >= 0.3 is 6.09 Å². The van der Waals surface area contributed by atoms with Crippen molar-refractivity contribution >= 4 is 12.2 Å². The fraction of sp³-hybridized carbons (Fsp3) is 0.176. The molecule has 0 saturated carbocycles. The van der Waals surface area contributed by atoms with E-state index in [4.69, 9.17) is 5.11 Å². The van der Waals surface area contributed by atoms with Crippen molar-refractivity contribution in [2.24, 2.45) is 0 Å². The molecule has 0 fully saturated rings. The Morgan fingerprint density at radius 3 is 2.62 bits per heavy atom. The van der Waals surface area contributed by atoms with Gasteiger partial charge in [0.05, 0.1) is 11.7 Å². The summed E-state index contributed by atoms with van der Waals surface area (Å²) in [4.78, 5) is 15.1. The van der Waals surface area contributed by atoms with Crippen LogP contribution in [0.1, 0.15) is 17.7 Å². The van der Waals surface area contributed by atoms with Crippen LogP contribution in [-0.4, -0.2) is 22.2 Å². The number of amides is 1. The van der Waals surface area contributed by atoms with Crippen molar-refractivity contribution in [2.45, 2.75) is 18.9 Å². The first kappa shape index (κ1) is 14.8. The minimum absolute atomic E-state index is 0.232. The number of nitrogens with zero attached hydrogens (tertiary/aromatic N) is 1. The maximum Gasteiger partial charge on any atom is 0.405 e. The molecule has 1 heterocycles. The average Bonchev–Trinajstić information content (AvgIpc) is 2.51. The molecule has 0 bridgehead atoms. The SMILES string of the molecule is O=C(O)N[C@H](/C=C/c1ccccn1)CCc1ccccc1. The van der Waals surface area contributed by atoms with E-state index >= 15 is 0 Å². The lowest BCUT2D eigenvalue weighted by Gasteiger charge is -2.12. The minimum Gasteiger partial charge on any atom is -0.465 e. The first-order valence-electron chi connectivity index (χ1n) is 6.86. The van der Waals surface area contributed by atoms with Crippen LogP contribution in [0.5, 0.6) is 0 Å². The van der Waals surface area contributed by atoms with Gasteiger partial charge in [0.2, 0.25) is 0 Å². The van der Waals surface area contributed by atoms with Gasteiger partial charge in [0.25, 0.3) is 0 Å². The largest absolute Gasteiger partial charge is 0.465 e. The molecule has 0 saturated heterocycles. The molecular weight excluding hydrogens is 264 g/mol. The Kier molecular flexibility index (Phi) is 5.52. The van der Waals surface area contributed by atoms with E-state index in [9.17, 15) is 4.79 Å². The topological polar surface area (TPSA) is 62.2 Å². The third kappa shape index (κ3) is 5.48. The van der Waals surface area contributed by atoms with Crippen LogP contribution in [0.25, 0.3) is 6.08 Å². The zero-order valence-corrected chi connectivity index (χ0v) is 11.6. The molecule has 4 heteroatoms. The van der Waals surface area contributed by atoms with Crippen LogP contribution in [-0.2, 0) is 6.42 Å². The number of carbonyl (C=O) groups is 1. The molecule has 1 aromatic carbocycles. The van der Waals surface area contributed by atoms with Gasteiger partial charge in [0.1, 0.15) is 0 Å². The minimum atomic E-state index is -1.02. The second-order valence-corrected chi connectivity index (χ2v) is 4.69. The summed E-state index contributed by atoms with van der Waals surface area (Å²) in [7, 11) is 0. The van der Waals surface area contributed by atoms with E-state index in [1.807, 2.05) is 60.7 Å². The maximum atomic E-state index is 10.9. The van der Waals surface area contributed by atoms with Crippen LogP contribution in [0.15, 0.2) is 60.8 Å². The highest BCUT2D eigenvalue weighted by atomic mass is 16.4. The Bertz CT molecular complexity index is 582. The molecule has 2 N–H and O–H groups in total. The number of rotatable bonds is 6. The lowest BCUT2D eigenvalue weighted by atomic mass is 10.0. The smallest absolute Gasteiger partial charge is 0.405 e. The highest BCUT2D eigenvalue weighted by Gasteiger charge is 2.08. The van der Waals surface area contributed by atoms with E-state index in [0.29, 0.717) is 6.42 Å². The molecule has 1 amide bonds. The van der Waals surface area contributed by atoms with Gasteiger partial charge in [-0.3, -0.25) is 4.98 Å². The third-order valence-electron chi connectivity index (χ3n) is 3.08. The number of benzene rings is 1. The van der Waals surface area contributed by atoms with Crippen LogP contribution in [0.4, 0.5) is 4.79 Å². The third-order valence-corrected chi connectivity index (χ3v) is 3.08. The molecule has 2 aromatic rings. The van der Waals surface area contributed by atoms with Crippen molar-refractivity contribution in [2.75, 3.05) is 0 Å². The van der Waals surface area contributed by atoms with Crippen LogP contribution in [0.2, 0.25) is 0 Å². The van der Waals surface area contributed by atoms with Crippen molar-refractivity contribution in [3.63, 3.8) is 0 Å². The van der Waals surface area contributed by atoms with Gasteiger partial charge in [-0.25, -0.2) is 4.79 Å². The second-order valence-electron chi connectivity index (χ2n) is 4.69. The number of hydrogen-bond donors (Lipinski definition) is 2. The average molecular weight is 282 g/mol. The number of pyridine rings is 1. The van der Waals surface area contributed by atoms with Gasteiger partial charge in [-0.1, -0.05) is 42.5 Å². The fourth-order valence-electron chi connectivity index (χ4n) is 2.03. The van der Waals surface area contributed by atoms with E-state index in [-0.39, 0.29) is 6.04 Å². The molecule has 0 spiro atoms. The summed E-state index contributed by atoms with van der Waals surface area (Å²) >= 11 is 0. The molecule has 0 aliphatic heterocycles. The Balaban J connectivity index is 1.97. The van der Waals surface area contributed by atoms with Gasteiger partial charge in [0.15, 0.2) is 0 Å². The fourth-order valence-corrected chi connectivity index (χ4v) is 2.03. The van der Waals surface area contributed by atoms with Crippen LogP contribution < -0.4 is 5.32 Å². The maximum absolute atomic E-state index is 10.9. The molecule has 4 nitrogen and oxygen atoms in total. The predicted octanol–water partition coefficient (Wildman–Crippen LogP) is 3.36. The number of hydrogen-bond acceptors (Lipinski definition) is 2. The number of carboxylic acid groups (broad SMARTS) is 1. The second kappa shape index (κ2) is 7.85. The molecule has 0 aliphatic carbocycles. The number of nitrogens with one attached hydrogen (secondary N) is 1. The Morgan fingerprint density at radius 1 is 1.19 bits per heavy atom. The monoisotopic (exact) mass is 282 g/mol. The van der Waals surface area contributed by atoms with Gasteiger partial charge in [-0.2, -0.15) is 0 Å². The lowest BCUT2D eigenvalue weighted by Crippen LogP contribution is -2.32. The zero-order valence-electron chi connectivity index (χ0n) is 11.6. The van der Waals surface area contributed by atoms with E-state index < -0.39 is 6.09 Å². The van der Waals surface area contributed by atoms with E-state index in [1.165, 1.54) is 5.56 Å². The van der Waals surface area contributed by atoms with E-state index in [1.54, 1.807) is 6.20 Å². The number of aromatic nitrogens is 1. The van der Waals surface area contributed by atoms with Gasteiger partial charge in [-0.15, -0.1) is 0 Å². The summed E-state index contributed by atoms with van der Waals surface area (Å²) in [5.74, 6) is 0. The normalized spacial score (nSPS) is 12.2. The highest BCUT2D eigenvalue weighted by molar-refractivity contribution is 5.65. The summed E-state index contributed by atoms with van der Waals surface area (Å²) in [5.41, 5.74) is 2.01. The van der Waals surface area contributed by atoms with Gasteiger partial charge in [-0.05, 0) is 36.6 Å². The molecule has 1 atom stereocenters. The molecule has 2 rings (SSSR count). The van der Waals surface area contributed by atoms with Crippen LogP contribution in [0.3, 0.4) is 0 Å². The van der Waals surface area contributed by atoms with E-state index in [0.717, 1.165) is 12.1 Å². The van der Waals surface area contributed by atoms with Crippen molar-refractivity contribution in [3.05, 3.63) is 72.1 Å². The molecule has 0 aliphatic rings. The summed E-state index contributed by atoms with van der Waals surface area (Å²) < 4.78 is 0. The van der Waals surface area contributed by atoms with Crippen LogP contribution >= 0.6 is 0 Å². The molecule has 0 unspecified atom stereocenters. The van der Waals surface area contributed by atoms with Crippen molar-refractivity contribution < 1.29 is 9.90 Å². The van der Waals surface area contributed by atoms with Crippen molar-refractivity contribution in [3.8, 4) is 0 Å². The van der Waals surface area contributed by atoms with Crippen molar-refractivity contribution in [1.82, 2.24) is 10.3 Å². The lowest BCUT2D eigenvalue weighted by molar-refractivity contribution is 0.191. The van der Waals surface area contributed by atoms with Crippen LogP contribution in [0, 0.1) is 0 Å². The Labute approximate surface area is 124 Å². The van der Waals surface area contributed by atoms with Gasteiger partial charge in [0, 0.05) is 6.20 Å². The highest BCUT2D eigenvalue weighted by Crippen LogP contribution is 2.07. The Hall–Kier alpha value is -2.62. The zero-order chi connectivity index (χ0) is 14.9. The predicted molar refractivity (Wildman–Crippen MR) is 83.0 cm³/mol. The molecule has 108 valence electrons. The molecule has 21 heavy (non-hydrogen) atoms. The van der Waals surface area contributed by atoms with Gasteiger partial charge < -0.3 is 10.4 Å². The summed E-state index contributed by atoms with van der Waals surface area (Å²) in [6, 6.07) is 15.4. The molecule has 0 radical (unpaired) electrons. The summed E-state index contributed by atoms with van der Waals surface area (Å²) in [5, 5.41) is 11.4. The first-order chi connectivity index (χ1) is 10.2. The quantitative estimate of drug-likeness (QED) is 0.854. The molecule has 1 aromatic heterocycles. The van der Waals surface area contributed by atoms with E-state index in [2.05, 4.69) is 10.3 Å². The van der Waals surface area contributed by atoms with Crippen molar-refractivity contribution in [1.29, 1.82) is 0 Å². The number of aryl methyl sites for hydroxylation is 1. The first-order valence-corrected chi connectivity index (χ1v) is 6.86. The Morgan fingerprint density at radius 2 is 1.95 bits per heavy atom. The standard InChI is InChI=1S/C17H18N2O2/c20-17(21)19-16(10-9-14-6-2-1-3-7-14)12-11-15-8-4-5-13-18-15/h1-8,11-13,16,19H,9-10H2,(H,20,21)/b12-11+/t16-/m0/s1. The molecular formula is C17H18N2O2. The summed E-state index contributed by atoms with van der Waals surface area (Å²) in [6.07, 6.45) is 5.91. The summed E-state index contributed by atoms with van der Waals surface area (Å²) in [6.45, 7) is 0.